The van der Waals surface area contributed by atoms with Crippen LogP contribution in [0, 0.1) is 89.3 Å². The zero-order valence-electron chi connectivity index (χ0n) is 67.4. The molecule has 0 aliphatic carbocycles. The number of aryl methyl sites for hydroxylation is 3. The van der Waals surface area contributed by atoms with Crippen molar-refractivity contribution in [3.05, 3.63) is 101 Å². The minimum atomic E-state index is -0.141. The number of fused-ring (bicyclic) bond motifs is 1. The van der Waals surface area contributed by atoms with Crippen molar-refractivity contribution < 1.29 is 18.5 Å². The van der Waals surface area contributed by atoms with E-state index in [1.807, 2.05) is 50.2 Å². The summed E-state index contributed by atoms with van der Waals surface area (Å²) in [5, 5.41) is 11.1. The van der Waals surface area contributed by atoms with Crippen LogP contribution in [0.25, 0.3) is 5.78 Å². The van der Waals surface area contributed by atoms with E-state index >= 15 is 0 Å². The monoisotopic (exact) mass is 1430 g/mol. The van der Waals surface area contributed by atoms with Crippen molar-refractivity contribution in [2.24, 2.45) is 68.5 Å². The Kier molecular flexibility index (Phi) is 35.1. The number of carbonyl (C=O) groups excluding carboxylic acids is 1. The van der Waals surface area contributed by atoms with Gasteiger partial charge < -0.3 is 23.6 Å². The number of amides is 1. The van der Waals surface area contributed by atoms with Gasteiger partial charge in [0.25, 0.3) is 0 Å². The number of aromatic nitrogens is 9. The van der Waals surface area contributed by atoms with Gasteiger partial charge in [0, 0.05) is 81.5 Å². The van der Waals surface area contributed by atoms with Gasteiger partial charge in [-0.1, -0.05) is 138 Å². The van der Waals surface area contributed by atoms with Crippen molar-refractivity contribution >= 4 is 11.9 Å². The fourth-order valence-corrected chi connectivity index (χ4v) is 15.8. The first-order valence-electron chi connectivity index (χ1n) is 39.2. The number of piperidine rings is 6. The lowest BCUT2D eigenvalue weighted by Crippen LogP contribution is -2.41. The smallest absolute Gasteiger partial charge is 0.409 e. The third-order valence-corrected chi connectivity index (χ3v) is 23.1. The lowest BCUT2D eigenvalue weighted by Gasteiger charge is -2.38. The van der Waals surface area contributed by atoms with Crippen LogP contribution in [0.2, 0.25) is 0 Å². The Morgan fingerprint density at radius 3 is 1.44 bits per heavy atom. The molecule has 1 atom stereocenters. The van der Waals surface area contributed by atoms with Crippen molar-refractivity contribution in [2.45, 2.75) is 270 Å². The molecule has 6 aliphatic heterocycles. The minimum Gasteiger partial charge on any atom is -0.450 e. The summed E-state index contributed by atoms with van der Waals surface area (Å²) >= 11 is 0. The molecule has 0 unspecified atom stereocenters. The Hall–Kier alpha value is -5.47. The van der Waals surface area contributed by atoms with E-state index in [0.717, 1.165) is 116 Å². The SMILES string of the molecule is C.C.CC(C)(C)C1CCN(Cc2ccn[nH]2)CC1.CC(C)(C)C1CCN(Cc2ncco2)CC1.CCOC(=O)N1CCC[C@@H](C(C)C)C1.Cc1cc(CN2CCC(C(C)(C)C)CC2)no1.Cc1nc2ncccn2c1CN1CCC(C(C)(C)C)CC1.Cc1ncc(CN2CCC(C(C)(C)C)CC2)[nH]1. The number of nitrogens with one attached hydrogen (secondary N) is 2. The summed E-state index contributed by atoms with van der Waals surface area (Å²) in [6.45, 7) is 66.8. The number of carbonyl (C=O) groups is 1. The fourth-order valence-electron chi connectivity index (χ4n) is 15.8. The molecule has 2 N–H and O–H groups in total. The Morgan fingerprint density at radius 2 is 1.04 bits per heavy atom. The lowest BCUT2D eigenvalue weighted by atomic mass is 9.75. The maximum absolute atomic E-state index is 11.5. The average Bonchev–Trinajstić information content (AvgIpc) is 1.67. The van der Waals surface area contributed by atoms with Crippen LogP contribution >= 0.6 is 0 Å². The van der Waals surface area contributed by atoms with Crippen molar-refractivity contribution in [1.29, 1.82) is 0 Å². The molecule has 19 heteroatoms. The molecule has 0 spiro atoms. The highest BCUT2D eigenvalue weighted by Gasteiger charge is 2.34. The molecule has 12 rings (SSSR count). The maximum atomic E-state index is 11.5. The molecule has 584 valence electrons. The number of hydrogen-bond donors (Lipinski definition) is 2. The van der Waals surface area contributed by atoms with Gasteiger partial charge in [-0.25, -0.2) is 24.7 Å². The van der Waals surface area contributed by atoms with Crippen LogP contribution in [-0.2, 0) is 37.5 Å². The van der Waals surface area contributed by atoms with E-state index < -0.39 is 0 Å². The molecule has 6 aromatic heterocycles. The van der Waals surface area contributed by atoms with Crippen molar-refractivity contribution in [3.63, 3.8) is 0 Å². The first-order valence-corrected chi connectivity index (χ1v) is 39.2. The maximum Gasteiger partial charge on any atom is 0.409 e. The second-order valence-corrected chi connectivity index (χ2v) is 36.2. The van der Waals surface area contributed by atoms with Gasteiger partial charge >= 0.3 is 6.09 Å². The second-order valence-electron chi connectivity index (χ2n) is 36.2. The van der Waals surface area contributed by atoms with Crippen LogP contribution in [0.15, 0.2) is 64.4 Å². The Morgan fingerprint density at radius 1 is 0.573 bits per heavy atom. The van der Waals surface area contributed by atoms with E-state index in [9.17, 15) is 4.79 Å². The third kappa shape index (κ3) is 29.7. The molecule has 6 aromatic rings. The molecule has 1 amide bonds. The van der Waals surface area contributed by atoms with Gasteiger partial charge in [-0.2, -0.15) is 5.10 Å². The minimum absolute atomic E-state index is 0. The quantitative estimate of drug-likeness (QED) is 0.118. The number of oxazole rings is 1. The number of nitrogens with zero attached hydrogens (tertiary/aromatic N) is 13. The molecule has 0 saturated carbocycles. The van der Waals surface area contributed by atoms with Crippen LogP contribution in [0.4, 0.5) is 4.79 Å². The zero-order chi connectivity index (χ0) is 73.7. The number of imidazole rings is 2. The van der Waals surface area contributed by atoms with E-state index in [-0.39, 0.29) is 20.9 Å². The van der Waals surface area contributed by atoms with Crippen molar-refractivity contribution in [2.75, 3.05) is 85.1 Å². The van der Waals surface area contributed by atoms with Crippen molar-refractivity contribution in [1.82, 2.24) is 74.1 Å². The number of likely N-dealkylation sites (tertiary alicyclic amines) is 6. The van der Waals surface area contributed by atoms with Crippen LogP contribution in [-0.4, -0.2) is 165 Å². The molecule has 19 nitrogen and oxygen atoms in total. The van der Waals surface area contributed by atoms with E-state index in [0.29, 0.717) is 45.5 Å². The molecule has 12 heterocycles. The first-order chi connectivity index (χ1) is 47.6. The normalized spacial score (nSPS) is 19.6. The summed E-state index contributed by atoms with van der Waals surface area (Å²) in [6, 6.07) is 6.08. The number of aromatic amines is 2. The molecule has 6 aliphatic rings. The van der Waals surface area contributed by atoms with Crippen LogP contribution in [0.3, 0.4) is 0 Å². The van der Waals surface area contributed by atoms with E-state index in [1.54, 1.807) is 18.7 Å². The summed E-state index contributed by atoms with van der Waals surface area (Å²) in [6.07, 6.45) is 26.4. The zero-order valence-corrected chi connectivity index (χ0v) is 67.4. The molecule has 103 heavy (non-hydrogen) atoms. The predicted molar refractivity (Wildman–Crippen MR) is 424 cm³/mol. The van der Waals surface area contributed by atoms with Gasteiger partial charge in [-0.05, 0) is 251 Å². The number of H-pyrrole nitrogens is 2. The van der Waals surface area contributed by atoms with Crippen LogP contribution in [0.5, 0.6) is 0 Å². The summed E-state index contributed by atoms with van der Waals surface area (Å²) in [7, 11) is 0. The largest absolute Gasteiger partial charge is 0.450 e. The summed E-state index contributed by atoms with van der Waals surface area (Å²) < 4.78 is 17.5. The first kappa shape index (κ1) is 88.2. The summed E-state index contributed by atoms with van der Waals surface area (Å²) in [4.78, 5) is 46.5. The average molecular weight is 1430 g/mol. The van der Waals surface area contributed by atoms with Crippen LogP contribution in [0.1, 0.15) is 262 Å². The molecule has 6 saturated heterocycles. The molecular weight excluding hydrogens is 1280 g/mol. The summed E-state index contributed by atoms with van der Waals surface area (Å²) in [5.41, 5.74) is 8.22. The van der Waals surface area contributed by atoms with E-state index in [4.69, 9.17) is 13.7 Å². The standard InChI is InChI=1S/C17H26N4.C14H25N3.C14H24N2O.C13H23N3.C13H22N2O.C11H21NO2.2CH4/c1-13-15(21-9-5-8-18-16(21)19-13)12-20-10-6-14(7-11-20)17(2,3)4;1-11-15-9-13(16-11)10-17-7-5-12(6-8-17)14(2,3)4;1-11-9-13(15-17-11)10-16-7-5-12(6-8-16)14(2,3)4;1-13(2,3)11-5-8-16(9-6-11)10-12-4-7-14-15-12;1-13(2,3)11-4-7-15(8-5-11)10-12-14-6-9-16-12;1-4-14-11(13)12-7-5-6-10(8-12)9(2)3;;/h5,8-9,14H,6-7,10-12H2,1-4H3;9,12H,5-8,10H2,1-4H3,(H,15,16);9,12H,5-8,10H2,1-4H3;4,7,11H,5-6,8-10H2,1-3H3,(H,14,15);6,9,11H,4-5,7-8,10H2,1-3H3;9-10H,4-8H2,1-3H3;2*1H4/t;;;;;10-;;/m.....1../s1. The molecule has 6 fully saturated rings. The van der Waals surface area contributed by atoms with E-state index in [2.05, 4.69) is 206 Å². The Labute approximate surface area is 626 Å². The Balaban J connectivity index is 0.000000222. The topological polar surface area (TPSA) is 185 Å². The highest BCUT2D eigenvalue weighted by Crippen LogP contribution is 2.39. The number of hydrogen-bond acceptors (Lipinski definition) is 15. The fraction of sp³-hybridized carbons (Fsp3) is 0.774. The van der Waals surface area contributed by atoms with Gasteiger partial charge in [0.05, 0.1) is 36.4 Å². The number of ether oxygens (including phenoxy) is 1. The van der Waals surface area contributed by atoms with Gasteiger partial charge in [0.1, 0.15) is 17.8 Å². The van der Waals surface area contributed by atoms with Gasteiger partial charge in [-0.15, -0.1) is 0 Å². The lowest BCUT2D eigenvalue weighted by molar-refractivity contribution is 0.0813. The Bertz CT molecular complexity index is 3080. The molecular formula is C84H149N15O4. The highest BCUT2D eigenvalue weighted by molar-refractivity contribution is 5.67. The third-order valence-electron chi connectivity index (χ3n) is 23.1. The number of rotatable bonds is 12. The van der Waals surface area contributed by atoms with Gasteiger partial charge in [-0.3, -0.25) is 34.0 Å². The van der Waals surface area contributed by atoms with Crippen LogP contribution < -0.4 is 0 Å². The summed E-state index contributed by atoms with van der Waals surface area (Å²) in [5.74, 6) is 9.20. The van der Waals surface area contributed by atoms with Gasteiger partial charge in [0.2, 0.25) is 11.7 Å². The van der Waals surface area contributed by atoms with E-state index in [1.165, 1.54) is 153 Å². The molecule has 0 aromatic carbocycles. The van der Waals surface area contributed by atoms with Crippen molar-refractivity contribution in [3.8, 4) is 0 Å². The molecule has 0 bridgehead atoms. The molecule has 0 radical (unpaired) electrons. The highest BCUT2D eigenvalue weighted by atomic mass is 16.6. The second kappa shape index (κ2) is 41.0. The van der Waals surface area contributed by atoms with Gasteiger partial charge in [0.15, 0.2) is 0 Å². The predicted octanol–water partition coefficient (Wildman–Crippen LogP) is 18.9.